The van der Waals surface area contributed by atoms with E-state index in [1.54, 1.807) is 0 Å². The largest absolute Gasteiger partial charge is 0.469 e. The minimum atomic E-state index is -0.644. The molecule has 0 aliphatic rings. The summed E-state index contributed by atoms with van der Waals surface area (Å²) in [6.45, 7) is 4.24. The van der Waals surface area contributed by atoms with E-state index in [1.165, 1.54) is 27.9 Å². The third kappa shape index (κ3) is 9.72. The van der Waals surface area contributed by atoms with Gasteiger partial charge in [0.25, 0.3) is 0 Å². The Balaban J connectivity index is 4.59. The molecular formula is C15H24N2O5S. The second kappa shape index (κ2) is 10.8. The highest BCUT2D eigenvalue weighted by molar-refractivity contribution is 7.80. The van der Waals surface area contributed by atoms with Crippen LogP contribution in [-0.4, -0.2) is 47.6 Å². The van der Waals surface area contributed by atoms with Gasteiger partial charge >= 0.3 is 5.97 Å². The lowest BCUT2D eigenvalue weighted by atomic mass is 10.1. The second-order valence-corrected chi connectivity index (χ2v) is 5.71. The van der Waals surface area contributed by atoms with Gasteiger partial charge in [-0.1, -0.05) is 0 Å². The fourth-order valence-electron chi connectivity index (χ4n) is 1.82. The number of ether oxygens (including phenoxy) is 1. The van der Waals surface area contributed by atoms with Gasteiger partial charge in [0.1, 0.15) is 5.78 Å². The minimum absolute atomic E-state index is 0.0170. The average molecular weight is 344 g/mol. The maximum Gasteiger partial charge on any atom is 0.305 e. The van der Waals surface area contributed by atoms with E-state index >= 15 is 0 Å². The third-order valence-corrected chi connectivity index (χ3v) is 3.48. The van der Waals surface area contributed by atoms with Gasteiger partial charge in [-0.3, -0.25) is 14.4 Å². The minimum Gasteiger partial charge on any atom is -0.469 e. The fourth-order valence-corrected chi connectivity index (χ4v) is 2.11. The highest BCUT2D eigenvalue weighted by Crippen LogP contribution is 2.03. The predicted molar refractivity (Wildman–Crippen MR) is 89.0 cm³/mol. The normalized spacial score (nSPS) is 12.7. The number of hydrogen-bond acceptors (Lipinski definition) is 6. The van der Waals surface area contributed by atoms with E-state index in [9.17, 15) is 19.2 Å². The van der Waals surface area contributed by atoms with Crippen LogP contribution < -0.4 is 10.6 Å². The van der Waals surface area contributed by atoms with Crippen molar-refractivity contribution in [2.24, 2.45) is 0 Å². The van der Waals surface area contributed by atoms with Gasteiger partial charge in [-0.2, -0.15) is 0 Å². The number of rotatable bonds is 10. The van der Waals surface area contributed by atoms with Crippen molar-refractivity contribution in [1.82, 2.24) is 10.6 Å². The van der Waals surface area contributed by atoms with Crippen molar-refractivity contribution in [3.05, 3.63) is 0 Å². The van der Waals surface area contributed by atoms with Crippen LogP contribution in [0.1, 0.15) is 46.5 Å². The van der Waals surface area contributed by atoms with Crippen LogP contribution in [0.15, 0.2) is 0 Å². The summed E-state index contributed by atoms with van der Waals surface area (Å²) in [5.41, 5.74) is 0. The summed E-state index contributed by atoms with van der Waals surface area (Å²) < 4.78 is 4.53. The number of thiocarbonyl (C=S) groups is 1. The molecule has 0 heterocycles. The Morgan fingerprint density at radius 3 is 1.70 bits per heavy atom. The van der Waals surface area contributed by atoms with Crippen LogP contribution in [0, 0.1) is 0 Å². The first-order chi connectivity index (χ1) is 10.7. The number of methoxy groups -OCH3 is 1. The lowest BCUT2D eigenvalue weighted by molar-refractivity contribution is -0.140. The summed E-state index contributed by atoms with van der Waals surface area (Å²) in [6, 6.07) is -1.23. The Morgan fingerprint density at radius 1 is 0.913 bits per heavy atom. The maximum absolute atomic E-state index is 11.6. The Bertz CT molecular complexity index is 478. The van der Waals surface area contributed by atoms with E-state index in [0.717, 1.165) is 0 Å². The molecule has 0 aromatic carbocycles. The molecule has 0 bridgehead atoms. The second-order valence-electron chi connectivity index (χ2n) is 5.30. The van der Waals surface area contributed by atoms with E-state index in [-0.39, 0.29) is 41.7 Å². The molecule has 8 heteroatoms. The molecule has 0 rings (SSSR count). The fraction of sp³-hybridized carbons (Fsp3) is 0.667. The lowest BCUT2D eigenvalue weighted by Gasteiger charge is -2.22. The van der Waals surface area contributed by atoms with Gasteiger partial charge in [0.2, 0.25) is 0 Å². The molecule has 0 amide bonds. The molecular weight excluding hydrogens is 320 g/mol. The molecule has 2 atom stereocenters. The first-order valence-corrected chi connectivity index (χ1v) is 7.72. The number of carbonyl (C=O) groups is 4. The first kappa shape index (κ1) is 21.2. The van der Waals surface area contributed by atoms with E-state index in [1.807, 2.05) is 0 Å². The molecule has 0 saturated heterocycles. The number of hydrogen-bond donors (Lipinski definition) is 2. The number of carbonyl (C=O) groups excluding carboxylic acids is 4. The van der Waals surface area contributed by atoms with Crippen molar-refractivity contribution in [2.45, 2.75) is 58.5 Å². The van der Waals surface area contributed by atoms with E-state index in [2.05, 4.69) is 15.4 Å². The Kier molecular flexibility index (Phi) is 9.96. The van der Waals surface area contributed by atoms with Crippen molar-refractivity contribution in [2.75, 3.05) is 7.11 Å². The van der Waals surface area contributed by atoms with E-state index in [0.29, 0.717) is 6.42 Å². The topological polar surface area (TPSA) is 102 Å². The van der Waals surface area contributed by atoms with E-state index < -0.39 is 18.1 Å². The van der Waals surface area contributed by atoms with Gasteiger partial charge in [0, 0.05) is 12.8 Å². The molecule has 0 aliphatic heterocycles. The molecule has 23 heavy (non-hydrogen) atoms. The number of ketones is 3. The van der Waals surface area contributed by atoms with Crippen LogP contribution in [0.25, 0.3) is 0 Å². The highest BCUT2D eigenvalue weighted by Gasteiger charge is 2.20. The van der Waals surface area contributed by atoms with Crippen molar-refractivity contribution < 1.29 is 23.9 Å². The van der Waals surface area contributed by atoms with E-state index in [4.69, 9.17) is 12.2 Å². The highest BCUT2D eigenvalue weighted by atomic mass is 32.1. The van der Waals surface area contributed by atoms with Crippen molar-refractivity contribution in [3.8, 4) is 0 Å². The van der Waals surface area contributed by atoms with Crippen LogP contribution in [0.3, 0.4) is 0 Å². The monoisotopic (exact) mass is 344 g/mol. The Labute approximate surface area is 141 Å². The predicted octanol–water partition coefficient (Wildman–Crippen LogP) is 0.688. The van der Waals surface area contributed by atoms with Crippen LogP contribution >= 0.6 is 12.2 Å². The SMILES string of the molecule is COC(=O)CCC(NC(=S)NC(CCC(C)=O)C(C)=O)C(C)=O. The zero-order chi connectivity index (χ0) is 18.0. The lowest BCUT2D eigenvalue weighted by Crippen LogP contribution is -2.50. The van der Waals surface area contributed by atoms with Gasteiger partial charge in [0.15, 0.2) is 16.7 Å². The van der Waals surface area contributed by atoms with Crippen molar-refractivity contribution in [1.29, 1.82) is 0 Å². The van der Waals surface area contributed by atoms with Crippen LogP contribution in [0.5, 0.6) is 0 Å². The van der Waals surface area contributed by atoms with Gasteiger partial charge in [-0.05, 0) is 45.8 Å². The van der Waals surface area contributed by atoms with Gasteiger partial charge in [0.05, 0.1) is 19.2 Å². The molecule has 0 radical (unpaired) electrons. The quantitative estimate of drug-likeness (QED) is 0.441. The zero-order valence-electron chi connectivity index (χ0n) is 13.9. The molecule has 0 aliphatic carbocycles. The van der Waals surface area contributed by atoms with Gasteiger partial charge in [-0.25, -0.2) is 0 Å². The summed E-state index contributed by atoms with van der Waals surface area (Å²) in [4.78, 5) is 45.4. The summed E-state index contributed by atoms with van der Waals surface area (Å²) in [6.07, 6.45) is 0.913. The molecule has 7 nitrogen and oxygen atoms in total. The molecule has 0 fully saturated rings. The van der Waals surface area contributed by atoms with Crippen LogP contribution in [-0.2, 0) is 23.9 Å². The summed E-state index contributed by atoms with van der Waals surface area (Å²) in [7, 11) is 1.28. The number of nitrogens with one attached hydrogen (secondary N) is 2. The van der Waals surface area contributed by atoms with Crippen LogP contribution in [0.4, 0.5) is 0 Å². The standard InChI is InChI=1S/C15H24N2O5S/c1-9(18)5-6-12(10(2)19)16-15(23)17-13(11(3)20)7-8-14(21)22-4/h12-13H,5-8H2,1-4H3,(H2,16,17,23). The number of esters is 1. The number of Topliss-reactive ketones (excluding diaryl/α,β-unsaturated/α-hetero) is 3. The van der Waals surface area contributed by atoms with Crippen molar-refractivity contribution >= 4 is 40.6 Å². The maximum atomic E-state index is 11.6. The molecule has 0 aromatic rings. The van der Waals surface area contributed by atoms with Crippen molar-refractivity contribution in [3.63, 3.8) is 0 Å². The smallest absolute Gasteiger partial charge is 0.305 e. The molecule has 0 aromatic heterocycles. The van der Waals surface area contributed by atoms with Gasteiger partial charge in [-0.15, -0.1) is 0 Å². The summed E-state index contributed by atoms with van der Waals surface area (Å²) in [5.74, 6) is -0.762. The van der Waals surface area contributed by atoms with Gasteiger partial charge < -0.3 is 20.2 Å². The summed E-state index contributed by atoms with van der Waals surface area (Å²) in [5, 5.41) is 5.74. The molecule has 130 valence electrons. The Morgan fingerprint density at radius 2 is 1.35 bits per heavy atom. The Hall–Kier alpha value is -1.83. The molecule has 2 N–H and O–H groups in total. The molecule has 2 unspecified atom stereocenters. The summed E-state index contributed by atoms with van der Waals surface area (Å²) >= 11 is 5.11. The zero-order valence-corrected chi connectivity index (χ0v) is 14.7. The third-order valence-electron chi connectivity index (χ3n) is 3.24. The van der Waals surface area contributed by atoms with Crippen LogP contribution in [0.2, 0.25) is 0 Å². The average Bonchev–Trinajstić information content (AvgIpc) is 2.46. The first-order valence-electron chi connectivity index (χ1n) is 7.31. The molecule has 0 saturated carbocycles. The molecule has 0 spiro atoms.